The number of phosphoric ester groups is 1. The second-order valence-electron chi connectivity index (χ2n) is 20.2. The number of carbonyl (C=O) groups is 2. The maximum Gasteiger partial charge on any atom is 0.472 e. The van der Waals surface area contributed by atoms with Gasteiger partial charge in [0.05, 0.1) is 33.8 Å². The van der Waals surface area contributed by atoms with Crippen molar-refractivity contribution in [2.45, 2.75) is 245 Å². The third-order valence-corrected chi connectivity index (χ3v) is 13.2. The Hall–Kier alpha value is -2.81. The summed E-state index contributed by atoms with van der Waals surface area (Å²) in [6, 6.07) is -0.868. The van der Waals surface area contributed by atoms with E-state index in [1.165, 1.54) is 128 Å². The SMILES string of the molecule is CC\C=C/C=C/C=C/C=C\C=C\C=C\CCCCCC(=O)OC(/C=C/CCCCCCCCCCCCC)C(COP(=O)(O)OCC[N+](C)(C)C)NC(=O)CCCCCCCCCCCCCCCC. The van der Waals surface area contributed by atoms with Gasteiger partial charge in [-0.3, -0.25) is 18.6 Å². The monoisotopic (exact) mass is 1000 g/mol. The maximum absolute atomic E-state index is 13.5. The van der Waals surface area contributed by atoms with Crippen molar-refractivity contribution in [3.8, 4) is 0 Å². The predicted octanol–water partition coefficient (Wildman–Crippen LogP) is 17.0. The van der Waals surface area contributed by atoms with E-state index in [1.807, 2.05) is 94.1 Å². The van der Waals surface area contributed by atoms with Crippen molar-refractivity contribution in [1.29, 1.82) is 0 Å². The van der Waals surface area contributed by atoms with Crippen LogP contribution in [0.4, 0.5) is 0 Å². The third kappa shape index (κ3) is 50.1. The fourth-order valence-corrected chi connectivity index (χ4v) is 8.59. The average Bonchev–Trinajstić information content (AvgIpc) is 3.32. The molecule has 0 aromatic heterocycles. The predicted molar refractivity (Wildman–Crippen MR) is 300 cm³/mol. The van der Waals surface area contributed by atoms with Crippen LogP contribution >= 0.6 is 7.82 Å². The lowest BCUT2D eigenvalue weighted by molar-refractivity contribution is -0.870. The molecule has 0 fully saturated rings. The van der Waals surface area contributed by atoms with E-state index in [0.717, 1.165) is 64.2 Å². The van der Waals surface area contributed by atoms with Crippen LogP contribution in [0.2, 0.25) is 0 Å². The van der Waals surface area contributed by atoms with Gasteiger partial charge in [-0.15, -0.1) is 0 Å². The fraction of sp³-hybridized carbons (Fsp3) is 0.733. The summed E-state index contributed by atoms with van der Waals surface area (Å²) in [5, 5.41) is 3.04. The Morgan fingerprint density at radius 2 is 0.914 bits per heavy atom. The maximum atomic E-state index is 13.5. The topological polar surface area (TPSA) is 111 Å². The van der Waals surface area contributed by atoms with E-state index in [9.17, 15) is 19.0 Å². The number of rotatable bonds is 50. The van der Waals surface area contributed by atoms with Gasteiger partial charge in [-0.1, -0.05) is 254 Å². The van der Waals surface area contributed by atoms with Crippen LogP contribution in [0.5, 0.6) is 0 Å². The molecule has 0 aliphatic heterocycles. The van der Waals surface area contributed by atoms with Crippen LogP contribution in [0.3, 0.4) is 0 Å². The number of ether oxygens (including phenoxy) is 1. The van der Waals surface area contributed by atoms with Crippen LogP contribution in [0.15, 0.2) is 85.1 Å². The van der Waals surface area contributed by atoms with E-state index in [4.69, 9.17) is 13.8 Å². The molecule has 0 bridgehead atoms. The van der Waals surface area contributed by atoms with Gasteiger partial charge in [0.1, 0.15) is 19.3 Å². The normalized spacial score (nSPS) is 14.4. The van der Waals surface area contributed by atoms with Gasteiger partial charge >= 0.3 is 13.8 Å². The Morgan fingerprint density at radius 3 is 1.39 bits per heavy atom. The highest BCUT2D eigenvalue weighted by Gasteiger charge is 2.30. The van der Waals surface area contributed by atoms with Crippen molar-refractivity contribution in [2.75, 3.05) is 40.9 Å². The molecule has 0 spiro atoms. The largest absolute Gasteiger partial charge is 0.472 e. The average molecular weight is 1000 g/mol. The highest BCUT2D eigenvalue weighted by atomic mass is 31.2. The first-order valence-electron chi connectivity index (χ1n) is 28.5. The van der Waals surface area contributed by atoms with E-state index in [1.54, 1.807) is 0 Å². The zero-order valence-corrected chi connectivity index (χ0v) is 46.9. The first kappa shape index (κ1) is 67.2. The van der Waals surface area contributed by atoms with Crippen LogP contribution in [0, 0.1) is 0 Å². The summed E-state index contributed by atoms with van der Waals surface area (Å²) in [6.07, 6.45) is 64.3. The molecule has 3 atom stereocenters. The first-order valence-corrected chi connectivity index (χ1v) is 30.0. The number of carbonyl (C=O) groups excluding carboxylic acids is 2. The number of hydrogen-bond donors (Lipinski definition) is 2. The van der Waals surface area contributed by atoms with Crippen LogP contribution in [0.25, 0.3) is 0 Å². The molecule has 10 heteroatoms. The fourth-order valence-electron chi connectivity index (χ4n) is 7.85. The Morgan fingerprint density at radius 1 is 0.514 bits per heavy atom. The van der Waals surface area contributed by atoms with Crippen molar-refractivity contribution in [2.24, 2.45) is 0 Å². The van der Waals surface area contributed by atoms with E-state index < -0.39 is 20.0 Å². The molecule has 0 heterocycles. The summed E-state index contributed by atoms with van der Waals surface area (Å²) in [4.78, 5) is 37.6. The van der Waals surface area contributed by atoms with Gasteiger partial charge in [-0.05, 0) is 51.0 Å². The van der Waals surface area contributed by atoms with Gasteiger partial charge in [-0.2, -0.15) is 0 Å². The molecule has 0 aliphatic rings. The number of nitrogens with zero attached hydrogens (tertiary/aromatic N) is 1. The molecule has 2 N–H and O–H groups in total. The summed E-state index contributed by atoms with van der Waals surface area (Å²) in [6.45, 7) is 6.83. The number of phosphoric acid groups is 1. The number of hydrogen-bond acceptors (Lipinski definition) is 6. The molecule has 0 saturated carbocycles. The van der Waals surface area contributed by atoms with Gasteiger partial charge < -0.3 is 19.4 Å². The standard InChI is InChI=1S/C60H107N2O7P/c1-7-10-13-16-19-22-25-28-30-31-32-35-38-41-44-47-50-53-60(64)69-58(51-48-45-42-39-36-33-27-24-21-18-15-12-9-3)57(56-68-70(65,66)67-55-54-62(4,5)6)61-59(63)52-49-46-43-40-37-34-29-26-23-20-17-14-11-8-2/h10,13,16,19,22,25,28,30-32,35,38,48,51,57-58H,7-9,11-12,14-15,17-18,20-21,23-24,26-27,29,33-34,36-37,39-47,49-50,52-56H2,1-6H3,(H-,61,63,65,66)/p+1/b13-10-,19-16+,25-22+,30-28-,32-31+,38-35+,51-48+. The molecule has 404 valence electrons. The molecule has 0 aromatic carbocycles. The van der Waals surface area contributed by atoms with Crippen molar-refractivity contribution in [3.63, 3.8) is 0 Å². The Bertz CT molecular complexity index is 1480. The second kappa shape index (κ2) is 49.8. The van der Waals surface area contributed by atoms with Gasteiger partial charge in [0.15, 0.2) is 0 Å². The molecule has 0 aromatic rings. The van der Waals surface area contributed by atoms with E-state index in [0.29, 0.717) is 23.9 Å². The van der Waals surface area contributed by atoms with Crippen molar-refractivity contribution >= 4 is 19.7 Å². The molecular formula is C60H108N2O7P+. The minimum atomic E-state index is -4.46. The Balaban J connectivity index is 5.48. The van der Waals surface area contributed by atoms with Crippen LogP contribution in [0.1, 0.15) is 233 Å². The zero-order valence-electron chi connectivity index (χ0n) is 46.0. The lowest BCUT2D eigenvalue weighted by Crippen LogP contribution is -2.47. The zero-order chi connectivity index (χ0) is 51.5. The summed E-state index contributed by atoms with van der Waals surface area (Å²) in [5.74, 6) is -0.556. The molecule has 1 amide bonds. The van der Waals surface area contributed by atoms with Crippen LogP contribution in [-0.2, 0) is 27.9 Å². The molecule has 0 radical (unpaired) electrons. The lowest BCUT2D eigenvalue weighted by atomic mass is 10.0. The number of nitrogens with one attached hydrogen (secondary N) is 1. The summed E-state index contributed by atoms with van der Waals surface area (Å²) >= 11 is 0. The molecule has 0 saturated heterocycles. The van der Waals surface area contributed by atoms with E-state index in [2.05, 4.69) is 38.2 Å². The summed E-state index contributed by atoms with van der Waals surface area (Å²) < 4.78 is 30.6. The van der Waals surface area contributed by atoms with E-state index >= 15 is 0 Å². The highest BCUT2D eigenvalue weighted by Crippen LogP contribution is 2.43. The molecule has 9 nitrogen and oxygen atoms in total. The van der Waals surface area contributed by atoms with E-state index in [-0.39, 0.29) is 31.5 Å². The molecular weight excluding hydrogens is 892 g/mol. The summed E-state index contributed by atoms with van der Waals surface area (Å²) in [7, 11) is 1.46. The van der Waals surface area contributed by atoms with Gasteiger partial charge in [-0.25, -0.2) is 4.57 Å². The molecule has 0 rings (SSSR count). The molecule has 70 heavy (non-hydrogen) atoms. The van der Waals surface area contributed by atoms with Crippen molar-refractivity contribution in [1.82, 2.24) is 5.32 Å². The highest BCUT2D eigenvalue weighted by molar-refractivity contribution is 7.47. The number of likely N-dealkylation sites (N-methyl/N-ethyl adjacent to an activating group) is 1. The number of allylic oxidation sites excluding steroid dienone is 13. The number of amides is 1. The lowest BCUT2D eigenvalue weighted by Gasteiger charge is -2.27. The minimum absolute atomic E-state index is 0.0301. The quantitative estimate of drug-likeness (QED) is 0.0156. The Kier molecular flexibility index (Phi) is 47.8. The van der Waals surface area contributed by atoms with Crippen LogP contribution in [-0.4, -0.2) is 74.3 Å². The molecule has 0 aliphatic carbocycles. The second-order valence-corrected chi connectivity index (χ2v) is 21.7. The van der Waals surface area contributed by atoms with Gasteiger partial charge in [0.2, 0.25) is 5.91 Å². The van der Waals surface area contributed by atoms with Gasteiger partial charge in [0.25, 0.3) is 0 Å². The third-order valence-electron chi connectivity index (χ3n) is 12.3. The van der Waals surface area contributed by atoms with Crippen LogP contribution < -0.4 is 5.32 Å². The minimum Gasteiger partial charge on any atom is -0.456 e. The number of unbranched alkanes of at least 4 members (excludes halogenated alkanes) is 27. The van der Waals surface area contributed by atoms with Crippen molar-refractivity contribution in [3.05, 3.63) is 85.1 Å². The van der Waals surface area contributed by atoms with Crippen molar-refractivity contribution < 1.29 is 37.3 Å². The number of quaternary nitrogens is 1. The Labute approximate surface area is 431 Å². The smallest absolute Gasteiger partial charge is 0.456 e. The first-order chi connectivity index (χ1) is 33.9. The van der Waals surface area contributed by atoms with Gasteiger partial charge in [0, 0.05) is 12.8 Å². The summed E-state index contributed by atoms with van der Waals surface area (Å²) in [5.41, 5.74) is 0. The number of esters is 1. The molecule has 3 unspecified atom stereocenters.